The average Bonchev–Trinajstić information content (AvgIpc) is 3.94. The van der Waals surface area contributed by atoms with Crippen molar-refractivity contribution in [1.29, 1.82) is 0 Å². The number of rotatable bonds is 10. The van der Waals surface area contributed by atoms with Crippen molar-refractivity contribution in [3.05, 3.63) is 332 Å². The lowest BCUT2D eigenvalue weighted by atomic mass is 9.67. The van der Waals surface area contributed by atoms with Crippen molar-refractivity contribution in [1.82, 2.24) is 0 Å². The third-order valence-corrected chi connectivity index (χ3v) is 15.7. The molecule has 0 spiro atoms. The van der Waals surface area contributed by atoms with E-state index in [2.05, 4.69) is 314 Å². The highest BCUT2D eigenvalue weighted by molar-refractivity contribution is 6.19. The molecule has 0 radical (unpaired) electrons. The van der Waals surface area contributed by atoms with Gasteiger partial charge in [-0.25, -0.2) is 0 Å². The topological polar surface area (TPSA) is 3.24 Å². The van der Waals surface area contributed by atoms with E-state index in [-0.39, 0.29) is 0 Å². The number of fused-ring (bicyclic) bond motifs is 5. The maximum atomic E-state index is 2.47. The summed E-state index contributed by atoms with van der Waals surface area (Å²) in [5.41, 5.74) is 22.4. The third-order valence-electron chi connectivity index (χ3n) is 15.7. The fraction of sp³-hybridized carbons (Fsp3) is 0.0133. The Hall–Kier alpha value is -9.82. The van der Waals surface area contributed by atoms with Crippen LogP contribution in [0.1, 0.15) is 22.3 Å². The third kappa shape index (κ3) is 7.31. The lowest BCUT2D eigenvalue weighted by molar-refractivity contribution is 0.768. The summed E-state index contributed by atoms with van der Waals surface area (Å²) in [6.07, 6.45) is 0. The van der Waals surface area contributed by atoms with E-state index in [0.29, 0.717) is 0 Å². The van der Waals surface area contributed by atoms with E-state index >= 15 is 0 Å². The van der Waals surface area contributed by atoms with Gasteiger partial charge in [0.05, 0.1) is 11.1 Å². The van der Waals surface area contributed by atoms with Crippen LogP contribution in [-0.4, -0.2) is 0 Å². The van der Waals surface area contributed by atoms with Crippen LogP contribution >= 0.6 is 0 Å². The van der Waals surface area contributed by atoms with Gasteiger partial charge in [-0.1, -0.05) is 273 Å². The number of benzene rings is 13. The highest BCUT2D eigenvalue weighted by atomic mass is 15.1. The zero-order valence-corrected chi connectivity index (χ0v) is 41.9. The summed E-state index contributed by atoms with van der Waals surface area (Å²) in [6, 6.07) is 114. The van der Waals surface area contributed by atoms with Gasteiger partial charge in [0.25, 0.3) is 0 Å². The molecule has 0 saturated carbocycles. The van der Waals surface area contributed by atoms with Gasteiger partial charge in [0.1, 0.15) is 0 Å². The molecule has 0 bridgehead atoms. The zero-order chi connectivity index (χ0) is 50.4. The van der Waals surface area contributed by atoms with E-state index in [1.807, 2.05) is 0 Å². The highest BCUT2D eigenvalue weighted by Crippen LogP contribution is 2.58. The molecule has 0 unspecified atom stereocenters. The van der Waals surface area contributed by atoms with Crippen molar-refractivity contribution in [2.24, 2.45) is 0 Å². The van der Waals surface area contributed by atoms with Crippen molar-refractivity contribution >= 4 is 38.6 Å². The fourth-order valence-electron chi connectivity index (χ4n) is 12.6. The molecular weight excluding hydrogens is 915 g/mol. The number of para-hydroxylation sites is 1. The summed E-state index contributed by atoms with van der Waals surface area (Å²) in [5.74, 6) is 0. The van der Waals surface area contributed by atoms with Crippen molar-refractivity contribution in [3.63, 3.8) is 0 Å². The molecule has 356 valence electrons. The first-order valence-corrected chi connectivity index (χ1v) is 26.3. The lowest BCUT2D eigenvalue weighted by Crippen LogP contribution is -2.28. The predicted molar refractivity (Wildman–Crippen MR) is 321 cm³/mol. The average molecular weight is 966 g/mol. The molecule has 0 amide bonds. The second-order valence-corrected chi connectivity index (χ2v) is 19.8. The molecule has 76 heavy (non-hydrogen) atoms. The lowest BCUT2D eigenvalue weighted by Gasteiger charge is -2.35. The molecule has 0 aliphatic heterocycles. The van der Waals surface area contributed by atoms with Gasteiger partial charge in [0, 0.05) is 16.8 Å². The summed E-state index contributed by atoms with van der Waals surface area (Å²) >= 11 is 0. The maximum Gasteiger partial charge on any atom is 0.0714 e. The van der Waals surface area contributed by atoms with Crippen LogP contribution in [0.15, 0.2) is 309 Å². The SMILES string of the molecule is c1ccc(-c2c(-c3ccccc3)c(-c3ccccc3)c3cc(-c4ccc(N(c5ccccc5)c5ccc6c(c5)C(c5ccccc5)(c5ccccc5)c5ccccc5-6)c5ccccc45)ccc3c2-c2ccccc2)cc1. The first-order valence-electron chi connectivity index (χ1n) is 26.3. The molecule has 0 N–H and O–H groups in total. The molecule has 0 fully saturated rings. The minimum absolute atomic E-state index is 0.532. The van der Waals surface area contributed by atoms with Crippen molar-refractivity contribution in [2.45, 2.75) is 5.41 Å². The molecule has 13 aromatic carbocycles. The van der Waals surface area contributed by atoms with Gasteiger partial charge in [-0.3, -0.25) is 0 Å². The minimum Gasteiger partial charge on any atom is -0.310 e. The van der Waals surface area contributed by atoms with E-state index in [9.17, 15) is 0 Å². The van der Waals surface area contributed by atoms with E-state index in [4.69, 9.17) is 0 Å². The number of hydrogen-bond donors (Lipinski definition) is 0. The molecule has 0 aromatic heterocycles. The number of hydrogen-bond acceptors (Lipinski definition) is 1. The van der Waals surface area contributed by atoms with Crippen LogP contribution in [0.2, 0.25) is 0 Å². The van der Waals surface area contributed by atoms with Crippen LogP contribution in [0.3, 0.4) is 0 Å². The van der Waals surface area contributed by atoms with Gasteiger partial charge in [0.2, 0.25) is 0 Å². The molecular formula is C75H51N. The van der Waals surface area contributed by atoms with Crippen molar-refractivity contribution in [3.8, 4) is 66.8 Å². The Morgan fingerprint density at radius 1 is 0.224 bits per heavy atom. The molecule has 1 nitrogen and oxygen atoms in total. The van der Waals surface area contributed by atoms with Crippen LogP contribution in [0.25, 0.3) is 88.3 Å². The Labute approximate surface area is 444 Å². The van der Waals surface area contributed by atoms with Gasteiger partial charge in [-0.15, -0.1) is 0 Å². The van der Waals surface area contributed by atoms with Crippen LogP contribution in [0.5, 0.6) is 0 Å². The Morgan fingerprint density at radius 2 is 0.658 bits per heavy atom. The summed E-state index contributed by atoms with van der Waals surface area (Å²) in [7, 11) is 0. The summed E-state index contributed by atoms with van der Waals surface area (Å²) in [6.45, 7) is 0. The minimum atomic E-state index is -0.532. The second kappa shape index (κ2) is 18.9. The van der Waals surface area contributed by atoms with E-state index < -0.39 is 5.41 Å². The van der Waals surface area contributed by atoms with Gasteiger partial charge in [0.15, 0.2) is 0 Å². The summed E-state index contributed by atoms with van der Waals surface area (Å²) in [5, 5.41) is 4.78. The van der Waals surface area contributed by atoms with Crippen LogP contribution in [0.4, 0.5) is 17.1 Å². The van der Waals surface area contributed by atoms with Crippen LogP contribution in [-0.2, 0) is 5.41 Å². The molecule has 0 atom stereocenters. The molecule has 0 heterocycles. The molecule has 1 heteroatoms. The monoisotopic (exact) mass is 965 g/mol. The standard InChI is InChI=1S/C75H51N/c1-8-26-52(27-9-1)71-66-46-44-56(50-67(66)72(53-28-10-2-11-29-53)74(55-32-14-4-15-33-55)73(71)54-30-12-3-13-31-54)61-48-49-70(65-42-23-22-40-62(61)65)76(59-38-20-7-21-39-59)60-45-47-64-63-41-24-25-43-68(63)75(69(64)51-60,57-34-16-5-17-35-57)58-36-18-6-19-37-58/h1-51H. The molecule has 1 aliphatic rings. The molecule has 14 rings (SSSR count). The summed E-state index contributed by atoms with van der Waals surface area (Å²) in [4.78, 5) is 2.47. The second-order valence-electron chi connectivity index (χ2n) is 19.8. The highest BCUT2D eigenvalue weighted by Gasteiger charge is 2.46. The number of nitrogens with zero attached hydrogens (tertiary/aromatic N) is 1. The maximum absolute atomic E-state index is 2.47. The van der Waals surface area contributed by atoms with Gasteiger partial charge < -0.3 is 4.90 Å². The zero-order valence-electron chi connectivity index (χ0n) is 41.9. The quantitative estimate of drug-likeness (QED) is 0.132. The van der Waals surface area contributed by atoms with Crippen LogP contribution in [0, 0.1) is 0 Å². The largest absolute Gasteiger partial charge is 0.310 e. The summed E-state index contributed by atoms with van der Waals surface area (Å²) < 4.78 is 0. The molecule has 13 aromatic rings. The predicted octanol–water partition coefficient (Wildman–Crippen LogP) is 20.2. The van der Waals surface area contributed by atoms with Gasteiger partial charge >= 0.3 is 0 Å². The first kappa shape index (κ1) is 44.8. The first-order chi connectivity index (χ1) is 37.8. The Kier molecular flexibility index (Phi) is 11.2. The van der Waals surface area contributed by atoms with Gasteiger partial charge in [-0.05, 0) is 142 Å². The Bertz CT molecular complexity index is 4190. The van der Waals surface area contributed by atoms with E-state index in [1.165, 1.54) is 105 Å². The van der Waals surface area contributed by atoms with Crippen molar-refractivity contribution < 1.29 is 0 Å². The smallest absolute Gasteiger partial charge is 0.0714 e. The molecule has 1 aliphatic carbocycles. The number of anilines is 3. The molecule has 0 saturated heterocycles. The normalized spacial score (nSPS) is 12.3. The van der Waals surface area contributed by atoms with E-state index in [0.717, 1.165) is 22.6 Å². The fourth-order valence-corrected chi connectivity index (χ4v) is 12.6. The van der Waals surface area contributed by atoms with Crippen molar-refractivity contribution in [2.75, 3.05) is 4.90 Å². The van der Waals surface area contributed by atoms with Gasteiger partial charge in [-0.2, -0.15) is 0 Å². The van der Waals surface area contributed by atoms with Crippen LogP contribution < -0.4 is 4.90 Å². The van der Waals surface area contributed by atoms with E-state index in [1.54, 1.807) is 0 Å². The Morgan fingerprint density at radius 3 is 1.22 bits per heavy atom. The Balaban J connectivity index is 1.01.